The Balaban J connectivity index is 1.99. The molecule has 0 atom stereocenters. The summed E-state index contributed by atoms with van der Waals surface area (Å²) in [4.78, 5) is 15.4. The van der Waals surface area contributed by atoms with E-state index in [-0.39, 0.29) is 5.78 Å². The molecular weight excluding hydrogens is 270 g/mol. The van der Waals surface area contributed by atoms with Crippen LogP contribution in [0.2, 0.25) is 0 Å². The van der Waals surface area contributed by atoms with Gasteiger partial charge in [0.05, 0.1) is 0 Å². The number of carbonyl (C=O) groups excluding carboxylic acids is 1. The molecule has 1 aromatic heterocycles. The molecule has 4 nitrogen and oxygen atoms in total. The van der Waals surface area contributed by atoms with Gasteiger partial charge in [-0.25, -0.2) is 4.98 Å². The number of nitrogens with one attached hydrogen (secondary N) is 2. The number of benzene rings is 1. The Kier molecular flexibility index (Phi) is 4.42. The molecule has 2 rings (SSSR count). The van der Waals surface area contributed by atoms with Crippen LogP contribution in [0.1, 0.15) is 22.8 Å². The van der Waals surface area contributed by atoms with Crippen molar-refractivity contribution in [2.45, 2.75) is 13.8 Å². The first-order valence-electron chi connectivity index (χ1n) is 6.16. The van der Waals surface area contributed by atoms with Crippen LogP contribution >= 0.6 is 12.2 Å². The summed E-state index contributed by atoms with van der Waals surface area (Å²) < 4.78 is 0. The smallest absolute Gasteiger partial charge is 0.176 e. The van der Waals surface area contributed by atoms with Gasteiger partial charge < -0.3 is 10.6 Å². The molecule has 0 bridgehead atoms. The topological polar surface area (TPSA) is 54.0 Å². The van der Waals surface area contributed by atoms with Gasteiger partial charge in [0.2, 0.25) is 0 Å². The summed E-state index contributed by atoms with van der Waals surface area (Å²) in [6.07, 6.45) is 1.72. The van der Waals surface area contributed by atoms with Crippen LogP contribution in [0, 0.1) is 6.92 Å². The van der Waals surface area contributed by atoms with E-state index in [9.17, 15) is 4.79 Å². The second-order valence-electron chi connectivity index (χ2n) is 4.43. The fourth-order valence-electron chi connectivity index (χ4n) is 1.67. The van der Waals surface area contributed by atoms with Gasteiger partial charge in [-0.3, -0.25) is 4.79 Å². The van der Waals surface area contributed by atoms with E-state index in [0.29, 0.717) is 16.5 Å². The van der Waals surface area contributed by atoms with Gasteiger partial charge in [-0.15, -0.1) is 0 Å². The van der Waals surface area contributed by atoms with Crippen molar-refractivity contribution in [3.63, 3.8) is 0 Å². The van der Waals surface area contributed by atoms with Gasteiger partial charge in [-0.2, -0.15) is 0 Å². The van der Waals surface area contributed by atoms with Gasteiger partial charge in [0.1, 0.15) is 5.82 Å². The molecule has 1 heterocycles. The minimum absolute atomic E-state index is 0.0428. The summed E-state index contributed by atoms with van der Waals surface area (Å²) >= 11 is 5.22. The van der Waals surface area contributed by atoms with Gasteiger partial charge in [0, 0.05) is 17.4 Å². The van der Waals surface area contributed by atoms with Gasteiger partial charge in [0.15, 0.2) is 10.9 Å². The number of pyridine rings is 1. The normalized spacial score (nSPS) is 9.90. The maximum Gasteiger partial charge on any atom is 0.176 e. The number of hydrogen-bond donors (Lipinski definition) is 2. The quantitative estimate of drug-likeness (QED) is 0.668. The van der Waals surface area contributed by atoms with Crippen molar-refractivity contribution in [2.24, 2.45) is 0 Å². The minimum Gasteiger partial charge on any atom is -0.332 e. The van der Waals surface area contributed by atoms with E-state index < -0.39 is 0 Å². The zero-order valence-corrected chi connectivity index (χ0v) is 12.1. The standard InChI is InChI=1S/C15H15N3OS/c1-10-7-8-16-14(9-10)18-15(20)17-13-5-3-12(4-6-13)11(2)19/h3-9H,1-2H3,(H2,16,17,18,20). The molecule has 0 radical (unpaired) electrons. The molecule has 2 N–H and O–H groups in total. The Morgan fingerprint density at radius 1 is 1.15 bits per heavy atom. The number of anilines is 2. The monoisotopic (exact) mass is 285 g/mol. The first kappa shape index (κ1) is 14.1. The number of ketones is 1. The fourth-order valence-corrected chi connectivity index (χ4v) is 1.89. The van der Waals surface area contributed by atoms with Crippen molar-refractivity contribution < 1.29 is 4.79 Å². The number of nitrogens with zero attached hydrogens (tertiary/aromatic N) is 1. The summed E-state index contributed by atoms with van der Waals surface area (Å²) in [5, 5.41) is 6.51. The predicted molar refractivity (Wildman–Crippen MR) is 85.3 cm³/mol. The van der Waals surface area contributed by atoms with E-state index in [1.807, 2.05) is 31.2 Å². The number of rotatable bonds is 3. The summed E-state index contributed by atoms with van der Waals surface area (Å²) in [7, 11) is 0. The van der Waals surface area contributed by atoms with Gasteiger partial charge in [-0.1, -0.05) is 0 Å². The van der Waals surface area contributed by atoms with E-state index in [2.05, 4.69) is 15.6 Å². The molecule has 2 aromatic rings. The highest BCUT2D eigenvalue weighted by molar-refractivity contribution is 7.80. The molecule has 20 heavy (non-hydrogen) atoms. The lowest BCUT2D eigenvalue weighted by Crippen LogP contribution is -2.19. The molecule has 0 aliphatic carbocycles. The predicted octanol–water partition coefficient (Wildman–Crippen LogP) is 3.40. The van der Waals surface area contributed by atoms with Crippen molar-refractivity contribution in [3.05, 3.63) is 53.7 Å². The highest BCUT2D eigenvalue weighted by Gasteiger charge is 2.02. The highest BCUT2D eigenvalue weighted by atomic mass is 32.1. The number of thiocarbonyl (C=S) groups is 1. The minimum atomic E-state index is 0.0428. The molecule has 0 aliphatic heterocycles. The average molecular weight is 285 g/mol. The third-order valence-corrected chi connectivity index (χ3v) is 2.91. The summed E-state index contributed by atoms with van der Waals surface area (Å²) in [6.45, 7) is 3.53. The molecule has 0 saturated heterocycles. The SMILES string of the molecule is CC(=O)c1ccc(NC(=S)Nc2cc(C)ccn2)cc1. The third-order valence-electron chi connectivity index (χ3n) is 2.71. The van der Waals surface area contributed by atoms with E-state index in [4.69, 9.17) is 12.2 Å². The molecular formula is C15H15N3OS. The number of carbonyl (C=O) groups is 1. The molecule has 0 spiro atoms. The second kappa shape index (κ2) is 6.25. The summed E-state index contributed by atoms with van der Waals surface area (Å²) in [6, 6.07) is 11.0. The number of hydrogen-bond acceptors (Lipinski definition) is 3. The number of Topliss-reactive ketones (excluding diaryl/α,β-unsaturated/α-hetero) is 1. The molecule has 0 amide bonds. The van der Waals surface area contributed by atoms with Crippen molar-refractivity contribution in [1.82, 2.24) is 4.98 Å². The maximum atomic E-state index is 11.2. The third kappa shape index (κ3) is 3.86. The Morgan fingerprint density at radius 3 is 2.45 bits per heavy atom. The average Bonchev–Trinajstić information content (AvgIpc) is 2.39. The molecule has 0 saturated carbocycles. The molecule has 5 heteroatoms. The molecule has 0 fully saturated rings. The van der Waals surface area contributed by atoms with Crippen LogP contribution < -0.4 is 10.6 Å². The van der Waals surface area contributed by atoms with Crippen LogP contribution in [0.25, 0.3) is 0 Å². The summed E-state index contributed by atoms with van der Waals surface area (Å²) in [5.74, 6) is 0.740. The van der Waals surface area contributed by atoms with E-state index in [1.165, 1.54) is 6.92 Å². The van der Waals surface area contributed by atoms with Crippen LogP contribution in [-0.2, 0) is 0 Å². The Morgan fingerprint density at radius 2 is 1.85 bits per heavy atom. The largest absolute Gasteiger partial charge is 0.332 e. The lowest BCUT2D eigenvalue weighted by atomic mass is 10.1. The summed E-state index contributed by atoms with van der Waals surface area (Å²) in [5.41, 5.74) is 2.60. The van der Waals surface area contributed by atoms with Crippen LogP contribution in [0.15, 0.2) is 42.6 Å². The number of aryl methyl sites for hydroxylation is 1. The number of aromatic nitrogens is 1. The van der Waals surface area contributed by atoms with E-state index >= 15 is 0 Å². The molecule has 0 aliphatic rings. The molecule has 102 valence electrons. The van der Waals surface area contributed by atoms with Gasteiger partial charge in [-0.05, 0) is 68.0 Å². The van der Waals surface area contributed by atoms with Crippen LogP contribution in [-0.4, -0.2) is 15.9 Å². The molecule has 0 unspecified atom stereocenters. The van der Waals surface area contributed by atoms with E-state index in [1.54, 1.807) is 18.3 Å². The zero-order chi connectivity index (χ0) is 14.5. The van der Waals surface area contributed by atoms with Gasteiger partial charge >= 0.3 is 0 Å². The van der Waals surface area contributed by atoms with Crippen LogP contribution in [0.4, 0.5) is 11.5 Å². The van der Waals surface area contributed by atoms with Crippen LogP contribution in [0.3, 0.4) is 0 Å². The first-order chi connectivity index (χ1) is 9.54. The molecule has 1 aromatic carbocycles. The van der Waals surface area contributed by atoms with Crippen molar-refractivity contribution >= 4 is 34.6 Å². The Bertz CT molecular complexity index is 638. The van der Waals surface area contributed by atoms with E-state index in [0.717, 1.165) is 11.3 Å². The fraction of sp³-hybridized carbons (Fsp3) is 0.133. The zero-order valence-electron chi connectivity index (χ0n) is 11.3. The first-order valence-corrected chi connectivity index (χ1v) is 6.57. The Hall–Kier alpha value is -2.27. The lowest BCUT2D eigenvalue weighted by molar-refractivity contribution is 0.101. The Labute approximate surface area is 123 Å². The lowest BCUT2D eigenvalue weighted by Gasteiger charge is -2.10. The maximum absolute atomic E-state index is 11.2. The highest BCUT2D eigenvalue weighted by Crippen LogP contribution is 2.11. The van der Waals surface area contributed by atoms with Crippen molar-refractivity contribution in [2.75, 3.05) is 10.6 Å². The van der Waals surface area contributed by atoms with Crippen molar-refractivity contribution in [1.29, 1.82) is 0 Å². The van der Waals surface area contributed by atoms with Crippen molar-refractivity contribution in [3.8, 4) is 0 Å². The second-order valence-corrected chi connectivity index (χ2v) is 4.84. The van der Waals surface area contributed by atoms with Crippen LogP contribution in [0.5, 0.6) is 0 Å². The van der Waals surface area contributed by atoms with Gasteiger partial charge in [0.25, 0.3) is 0 Å².